The third-order valence-electron chi connectivity index (χ3n) is 6.45. The van der Waals surface area contributed by atoms with Crippen molar-refractivity contribution in [2.45, 2.75) is 58.2 Å². The molecular formula is C23H32N4O3. The van der Waals surface area contributed by atoms with Crippen LogP contribution in [0.3, 0.4) is 0 Å². The first-order valence-corrected chi connectivity index (χ1v) is 11.0. The Balaban J connectivity index is 1.44. The van der Waals surface area contributed by atoms with Crippen LogP contribution in [0, 0.1) is 12.8 Å². The molecule has 2 aliphatic rings. The minimum absolute atomic E-state index is 0.100. The normalized spacial score (nSPS) is 26.1. The number of ether oxygens (including phenoxy) is 1. The molecule has 1 saturated carbocycles. The fraction of sp³-hybridized carbons (Fsp3) is 0.609. The Morgan fingerprint density at radius 1 is 1.10 bits per heavy atom. The van der Waals surface area contributed by atoms with Crippen molar-refractivity contribution in [3.8, 4) is 17.2 Å². The average molecular weight is 413 g/mol. The zero-order chi connectivity index (χ0) is 21.1. The summed E-state index contributed by atoms with van der Waals surface area (Å²) in [5, 5.41) is 7.96. The number of carbonyl (C=O) groups is 1. The molecule has 1 aliphatic carbocycles. The van der Waals surface area contributed by atoms with Crippen LogP contribution in [0.2, 0.25) is 0 Å². The van der Waals surface area contributed by atoms with Gasteiger partial charge in [0.1, 0.15) is 18.1 Å². The minimum atomic E-state index is 0.100. The van der Waals surface area contributed by atoms with Crippen molar-refractivity contribution in [2.24, 2.45) is 5.92 Å². The van der Waals surface area contributed by atoms with Gasteiger partial charge in [0, 0.05) is 56.7 Å². The number of aldehydes is 1. The molecule has 0 bridgehead atoms. The Bertz CT molecular complexity index is 827. The van der Waals surface area contributed by atoms with Crippen molar-refractivity contribution in [3.63, 3.8) is 0 Å². The molecular weight excluding hydrogens is 380 g/mol. The van der Waals surface area contributed by atoms with Crippen LogP contribution in [-0.2, 0) is 4.79 Å². The lowest BCUT2D eigenvalue weighted by Crippen LogP contribution is -2.57. The second-order valence-electron chi connectivity index (χ2n) is 8.75. The summed E-state index contributed by atoms with van der Waals surface area (Å²) in [5.74, 6) is 2.06. The smallest absolute Gasteiger partial charge is 0.247 e. The third-order valence-corrected chi connectivity index (χ3v) is 6.45. The summed E-state index contributed by atoms with van der Waals surface area (Å²) in [6.07, 6.45) is 3.92. The van der Waals surface area contributed by atoms with E-state index in [1.54, 1.807) is 6.92 Å². The van der Waals surface area contributed by atoms with Crippen molar-refractivity contribution in [2.75, 3.05) is 26.2 Å². The number of aromatic nitrogens is 2. The largest absolute Gasteiger partial charge is 0.489 e. The van der Waals surface area contributed by atoms with Crippen molar-refractivity contribution in [1.29, 1.82) is 0 Å². The van der Waals surface area contributed by atoms with Gasteiger partial charge in [0.15, 0.2) is 0 Å². The Labute approximate surface area is 178 Å². The van der Waals surface area contributed by atoms with Gasteiger partial charge >= 0.3 is 0 Å². The van der Waals surface area contributed by atoms with Gasteiger partial charge in [-0.25, -0.2) is 0 Å². The first-order valence-electron chi connectivity index (χ1n) is 11.0. The molecule has 30 heavy (non-hydrogen) atoms. The summed E-state index contributed by atoms with van der Waals surface area (Å²) < 4.78 is 11.9. The number of piperazine rings is 1. The van der Waals surface area contributed by atoms with Gasteiger partial charge in [-0.1, -0.05) is 0 Å². The molecule has 4 rings (SSSR count). The van der Waals surface area contributed by atoms with E-state index in [1.807, 2.05) is 24.3 Å². The van der Waals surface area contributed by atoms with Gasteiger partial charge in [-0.05, 0) is 57.4 Å². The fourth-order valence-electron chi connectivity index (χ4n) is 4.65. The molecule has 3 atom stereocenters. The van der Waals surface area contributed by atoms with Crippen LogP contribution in [0.1, 0.15) is 39.0 Å². The van der Waals surface area contributed by atoms with Gasteiger partial charge < -0.3 is 13.9 Å². The quantitative estimate of drug-likeness (QED) is 0.675. The van der Waals surface area contributed by atoms with Gasteiger partial charge in [-0.3, -0.25) is 9.80 Å². The standard InChI is InChI=1S/C23H32N4O3/c1-16(2)26-10-12-27(13-11-26)21-14-18(15-28)4-9-22(21)30-20-7-5-19(6-8-20)23-25-24-17(3)29-23/h5-8,15-16,18,21-22H,4,9-14H2,1-3H3. The van der Waals surface area contributed by atoms with E-state index < -0.39 is 0 Å². The third kappa shape index (κ3) is 4.73. The van der Waals surface area contributed by atoms with E-state index in [9.17, 15) is 4.79 Å². The molecule has 0 spiro atoms. The van der Waals surface area contributed by atoms with Gasteiger partial charge in [0.2, 0.25) is 11.8 Å². The summed E-state index contributed by atoms with van der Waals surface area (Å²) in [4.78, 5) is 16.5. The fourth-order valence-corrected chi connectivity index (χ4v) is 4.65. The summed E-state index contributed by atoms with van der Waals surface area (Å²) in [5.41, 5.74) is 0.883. The van der Waals surface area contributed by atoms with Crippen molar-refractivity contribution in [3.05, 3.63) is 30.2 Å². The maximum absolute atomic E-state index is 11.5. The van der Waals surface area contributed by atoms with Crippen LogP contribution in [0.25, 0.3) is 11.5 Å². The maximum Gasteiger partial charge on any atom is 0.247 e. The van der Waals surface area contributed by atoms with Gasteiger partial charge in [-0.2, -0.15) is 0 Å². The van der Waals surface area contributed by atoms with Gasteiger partial charge in [-0.15, -0.1) is 10.2 Å². The molecule has 7 heteroatoms. The van der Waals surface area contributed by atoms with E-state index >= 15 is 0 Å². The van der Waals surface area contributed by atoms with E-state index in [4.69, 9.17) is 9.15 Å². The molecule has 2 fully saturated rings. The van der Waals surface area contributed by atoms with Crippen molar-refractivity contribution >= 4 is 6.29 Å². The second kappa shape index (κ2) is 9.27. The predicted octanol–water partition coefficient (Wildman–Crippen LogP) is 3.19. The molecule has 7 nitrogen and oxygen atoms in total. The molecule has 1 aromatic carbocycles. The minimum Gasteiger partial charge on any atom is -0.489 e. The monoisotopic (exact) mass is 412 g/mol. The molecule has 0 N–H and O–H groups in total. The van der Waals surface area contributed by atoms with E-state index in [0.29, 0.717) is 17.8 Å². The maximum atomic E-state index is 11.5. The topological polar surface area (TPSA) is 71.7 Å². The Kier molecular flexibility index (Phi) is 6.49. The van der Waals surface area contributed by atoms with Crippen LogP contribution in [-0.4, -0.2) is 70.7 Å². The van der Waals surface area contributed by atoms with Crippen LogP contribution < -0.4 is 4.74 Å². The SMILES string of the molecule is Cc1nnc(-c2ccc(OC3CCC(C=O)CC3N3CCN(C(C)C)CC3)cc2)o1. The van der Waals surface area contributed by atoms with E-state index in [2.05, 4.69) is 33.8 Å². The van der Waals surface area contributed by atoms with Crippen LogP contribution in [0.5, 0.6) is 5.75 Å². The van der Waals surface area contributed by atoms with Gasteiger partial charge in [0.25, 0.3) is 0 Å². The average Bonchev–Trinajstić information content (AvgIpc) is 3.21. The first kappa shape index (κ1) is 21.0. The molecule has 2 heterocycles. The van der Waals surface area contributed by atoms with E-state index in [0.717, 1.165) is 63.0 Å². The number of hydrogen-bond donors (Lipinski definition) is 0. The summed E-state index contributed by atoms with van der Waals surface area (Å²) in [7, 11) is 0. The number of benzene rings is 1. The molecule has 3 unspecified atom stereocenters. The molecule has 2 aromatic rings. The van der Waals surface area contributed by atoms with E-state index in [-0.39, 0.29) is 18.1 Å². The molecule has 0 radical (unpaired) electrons. The lowest BCUT2D eigenvalue weighted by Gasteiger charge is -2.45. The summed E-state index contributed by atoms with van der Waals surface area (Å²) in [6.45, 7) is 10.5. The number of rotatable bonds is 6. The second-order valence-corrected chi connectivity index (χ2v) is 8.75. The highest BCUT2D eigenvalue weighted by Crippen LogP contribution is 2.32. The number of carbonyl (C=O) groups excluding carboxylic acids is 1. The highest BCUT2D eigenvalue weighted by Gasteiger charge is 2.37. The highest BCUT2D eigenvalue weighted by atomic mass is 16.5. The molecule has 162 valence electrons. The van der Waals surface area contributed by atoms with Crippen LogP contribution in [0.15, 0.2) is 28.7 Å². The molecule has 0 amide bonds. The number of nitrogens with zero attached hydrogens (tertiary/aromatic N) is 4. The van der Waals surface area contributed by atoms with Gasteiger partial charge in [0.05, 0.1) is 0 Å². The lowest BCUT2D eigenvalue weighted by atomic mass is 9.83. The highest BCUT2D eigenvalue weighted by molar-refractivity contribution is 5.54. The molecule has 1 aromatic heterocycles. The Morgan fingerprint density at radius 2 is 1.83 bits per heavy atom. The predicted molar refractivity (Wildman–Crippen MR) is 114 cm³/mol. The molecule has 1 aliphatic heterocycles. The van der Waals surface area contributed by atoms with Crippen molar-refractivity contribution in [1.82, 2.24) is 20.0 Å². The number of hydrogen-bond acceptors (Lipinski definition) is 7. The van der Waals surface area contributed by atoms with Crippen LogP contribution in [0.4, 0.5) is 0 Å². The summed E-state index contributed by atoms with van der Waals surface area (Å²) >= 11 is 0. The van der Waals surface area contributed by atoms with Crippen LogP contribution >= 0.6 is 0 Å². The number of aryl methyl sites for hydroxylation is 1. The van der Waals surface area contributed by atoms with Crippen molar-refractivity contribution < 1.29 is 13.9 Å². The lowest BCUT2D eigenvalue weighted by molar-refractivity contribution is -0.114. The zero-order valence-corrected chi connectivity index (χ0v) is 18.2. The Hall–Kier alpha value is -2.25. The molecule has 1 saturated heterocycles. The summed E-state index contributed by atoms with van der Waals surface area (Å²) in [6, 6.07) is 8.70. The Morgan fingerprint density at radius 3 is 2.43 bits per heavy atom. The first-order chi connectivity index (χ1) is 14.5. The van der Waals surface area contributed by atoms with E-state index in [1.165, 1.54) is 0 Å². The zero-order valence-electron chi connectivity index (χ0n) is 18.2.